The van der Waals surface area contributed by atoms with Gasteiger partial charge in [0.1, 0.15) is 11.4 Å². The quantitative estimate of drug-likeness (QED) is 0.309. The molecule has 9 nitrogen and oxygen atoms in total. The average Bonchev–Trinajstić information content (AvgIpc) is 3.34. The Morgan fingerprint density at radius 1 is 1.00 bits per heavy atom. The SMILES string of the molecule is O=C1[C@H]2[C@@H](C(=O)N1c1ccc(F)cc1)[C@](Cc1ccccc1)(C(=O)O)N[C@H]2c1ccc([N+](=O)[O-])cc1. The van der Waals surface area contributed by atoms with E-state index >= 15 is 0 Å². The molecule has 0 spiro atoms. The van der Waals surface area contributed by atoms with Gasteiger partial charge in [0.25, 0.3) is 5.69 Å². The number of non-ortho nitro benzene ring substituents is 1. The van der Waals surface area contributed by atoms with Crippen LogP contribution in [0.4, 0.5) is 15.8 Å². The predicted molar refractivity (Wildman–Crippen MR) is 125 cm³/mol. The maximum absolute atomic E-state index is 13.7. The number of aliphatic carboxylic acids is 1. The monoisotopic (exact) mass is 489 g/mol. The van der Waals surface area contributed by atoms with Gasteiger partial charge >= 0.3 is 5.97 Å². The third-order valence-corrected chi connectivity index (χ3v) is 6.91. The van der Waals surface area contributed by atoms with Gasteiger partial charge in [-0.15, -0.1) is 0 Å². The minimum atomic E-state index is -1.83. The first-order chi connectivity index (χ1) is 17.2. The first-order valence-electron chi connectivity index (χ1n) is 11.2. The molecule has 3 aromatic rings. The number of nitrogens with one attached hydrogen (secondary N) is 1. The van der Waals surface area contributed by atoms with E-state index in [1.165, 1.54) is 36.4 Å². The van der Waals surface area contributed by atoms with Crippen molar-refractivity contribution in [2.24, 2.45) is 11.8 Å². The van der Waals surface area contributed by atoms with Crippen LogP contribution < -0.4 is 10.2 Å². The number of hydrogen-bond donors (Lipinski definition) is 2. The molecule has 2 heterocycles. The number of nitro benzene ring substituents is 1. The molecule has 2 amide bonds. The van der Waals surface area contributed by atoms with Gasteiger partial charge in [0.05, 0.1) is 22.4 Å². The fraction of sp³-hybridized carbons (Fsp3) is 0.192. The lowest BCUT2D eigenvalue weighted by Gasteiger charge is -2.31. The van der Waals surface area contributed by atoms with Crippen LogP contribution in [-0.2, 0) is 20.8 Å². The molecule has 2 aliphatic rings. The van der Waals surface area contributed by atoms with Crippen LogP contribution >= 0.6 is 0 Å². The van der Waals surface area contributed by atoms with Crippen molar-refractivity contribution in [3.05, 3.63) is 106 Å². The van der Waals surface area contributed by atoms with E-state index in [1.807, 2.05) is 0 Å². The molecular weight excluding hydrogens is 469 g/mol. The van der Waals surface area contributed by atoms with Crippen LogP contribution in [0.2, 0.25) is 0 Å². The Balaban J connectivity index is 1.64. The van der Waals surface area contributed by atoms with Gasteiger partial charge < -0.3 is 5.11 Å². The van der Waals surface area contributed by atoms with E-state index in [2.05, 4.69) is 5.32 Å². The Bertz CT molecular complexity index is 1360. The summed E-state index contributed by atoms with van der Waals surface area (Å²) in [5, 5.41) is 24.6. The maximum atomic E-state index is 13.7. The van der Waals surface area contributed by atoms with Gasteiger partial charge in [-0.1, -0.05) is 42.5 Å². The van der Waals surface area contributed by atoms with Gasteiger partial charge in [-0.05, 0) is 35.4 Å². The number of nitrogens with zero attached hydrogens (tertiary/aromatic N) is 2. The molecule has 0 unspecified atom stereocenters. The number of benzene rings is 3. The van der Waals surface area contributed by atoms with Crippen LogP contribution in [0.3, 0.4) is 0 Å². The van der Waals surface area contributed by atoms with Crippen LogP contribution in [0.25, 0.3) is 0 Å². The fourth-order valence-corrected chi connectivity index (χ4v) is 5.29. The van der Waals surface area contributed by atoms with Gasteiger partial charge in [-0.3, -0.25) is 29.8 Å². The van der Waals surface area contributed by atoms with Crippen molar-refractivity contribution in [2.45, 2.75) is 18.0 Å². The molecule has 36 heavy (non-hydrogen) atoms. The van der Waals surface area contributed by atoms with E-state index in [1.54, 1.807) is 30.3 Å². The highest BCUT2D eigenvalue weighted by atomic mass is 19.1. The highest BCUT2D eigenvalue weighted by Crippen LogP contribution is 2.51. The third kappa shape index (κ3) is 3.62. The summed E-state index contributed by atoms with van der Waals surface area (Å²) in [6, 6.07) is 18.1. The summed E-state index contributed by atoms with van der Waals surface area (Å²) in [6.45, 7) is 0. The zero-order valence-electron chi connectivity index (χ0n) is 18.7. The zero-order valence-corrected chi connectivity index (χ0v) is 18.7. The Kier molecular flexibility index (Phi) is 5.60. The second-order valence-corrected chi connectivity index (χ2v) is 8.90. The molecule has 3 aromatic carbocycles. The summed E-state index contributed by atoms with van der Waals surface area (Å²) in [4.78, 5) is 51.7. The van der Waals surface area contributed by atoms with Crippen molar-refractivity contribution in [3.8, 4) is 0 Å². The first kappa shape index (κ1) is 23.3. The summed E-state index contributed by atoms with van der Waals surface area (Å²) in [5.74, 6) is -5.53. The van der Waals surface area contributed by atoms with Crippen molar-refractivity contribution < 1.29 is 28.8 Å². The molecule has 2 N–H and O–H groups in total. The molecule has 10 heteroatoms. The zero-order chi connectivity index (χ0) is 25.6. The van der Waals surface area contributed by atoms with Gasteiger partial charge in [-0.2, -0.15) is 0 Å². The Labute approximate surface area is 204 Å². The Morgan fingerprint density at radius 2 is 1.64 bits per heavy atom. The van der Waals surface area contributed by atoms with E-state index in [0.717, 1.165) is 17.0 Å². The van der Waals surface area contributed by atoms with E-state index in [4.69, 9.17) is 0 Å². The minimum absolute atomic E-state index is 0.0793. The number of halogens is 1. The molecule has 0 aromatic heterocycles. The molecule has 0 aliphatic carbocycles. The lowest BCUT2D eigenvalue weighted by atomic mass is 9.76. The normalized spacial score (nSPS) is 25.1. The number of carbonyl (C=O) groups excluding carboxylic acids is 2. The fourth-order valence-electron chi connectivity index (χ4n) is 5.29. The number of hydrogen-bond acceptors (Lipinski definition) is 6. The van der Waals surface area contributed by atoms with Crippen LogP contribution in [0.5, 0.6) is 0 Å². The Hall–Kier alpha value is -4.44. The lowest BCUT2D eigenvalue weighted by molar-refractivity contribution is -0.384. The van der Waals surface area contributed by atoms with Crippen molar-refractivity contribution in [1.29, 1.82) is 0 Å². The summed E-state index contributed by atoms with van der Waals surface area (Å²) < 4.78 is 13.5. The van der Waals surface area contributed by atoms with Crippen LogP contribution in [0.1, 0.15) is 17.2 Å². The number of anilines is 1. The second kappa shape index (κ2) is 8.65. The molecule has 4 atom stereocenters. The number of amides is 2. The summed E-state index contributed by atoms with van der Waals surface area (Å²) in [5.41, 5.74) is -0.768. The minimum Gasteiger partial charge on any atom is -0.480 e. The van der Waals surface area contributed by atoms with E-state index in [9.17, 15) is 34.0 Å². The number of imide groups is 1. The number of fused-ring (bicyclic) bond motifs is 1. The number of carboxylic acids is 1. The number of carboxylic acid groups (broad SMARTS) is 1. The summed E-state index contributed by atoms with van der Waals surface area (Å²) >= 11 is 0. The molecule has 2 aliphatic heterocycles. The Morgan fingerprint density at radius 3 is 2.22 bits per heavy atom. The molecule has 0 saturated carbocycles. The van der Waals surface area contributed by atoms with Crippen LogP contribution in [-0.4, -0.2) is 33.4 Å². The van der Waals surface area contributed by atoms with Crippen LogP contribution in [0.15, 0.2) is 78.9 Å². The van der Waals surface area contributed by atoms with Crippen molar-refractivity contribution >= 4 is 29.2 Å². The largest absolute Gasteiger partial charge is 0.480 e. The highest BCUT2D eigenvalue weighted by molar-refractivity contribution is 6.24. The van der Waals surface area contributed by atoms with Crippen molar-refractivity contribution in [2.75, 3.05) is 4.90 Å². The highest BCUT2D eigenvalue weighted by Gasteiger charge is 2.68. The molecule has 2 fully saturated rings. The first-order valence-corrected chi connectivity index (χ1v) is 11.2. The smallest absolute Gasteiger partial charge is 0.325 e. The third-order valence-electron chi connectivity index (χ3n) is 6.91. The van der Waals surface area contributed by atoms with E-state index in [-0.39, 0.29) is 17.8 Å². The topological polar surface area (TPSA) is 130 Å². The van der Waals surface area contributed by atoms with Gasteiger partial charge in [-0.25, -0.2) is 9.29 Å². The summed E-state index contributed by atoms with van der Waals surface area (Å²) in [6.07, 6.45) is -0.0793. The van der Waals surface area contributed by atoms with Gasteiger partial charge in [0.15, 0.2) is 0 Å². The molecule has 0 bridgehead atoms. The van der Waals surface area contributed by atoms with Crippen molar-refractivity contribution in [1.82, 2.24) is 5.32 Å². The van der Waals surface area contributed by atoms with Crippen molar-refractivity contribution in [3.63, 3.8) is 0 Å². The van der Waals surface area contributed by atoms with Gasteiger partial charge in [0.2, 0.25) is 11.8 Å². The van der Waals surface area contributed by atoms with E-state index in [0.29, 0.717) is 11.1 Å². The molecule has 5 rings (SSSR count). The predicted octanol–water partition coefficient (Wildman–Crippen LogP) is 3.25. The molecule has 182 valence electrons. The average molecular weight is 489 g/mol. The molecular formula is C26H20FN3O6. The summed E-state index contributed by atoms with van der Waals surface area (Å²) in [7, 11) is 0. The molecule has 0 radical (unpaired) electrons. The number of carbonyl (C=O) groups is 3. The molecule has 2 saturated heterocycles. The van der Waals surface area contributed by atoms with Crippen LogP contribution in [0, 0.1) is 27.8 Å². The maximum Gasteiger partial charge on any atom is 0.325 e. The second-order valence-electron chi connectivity index (χ2n) is 8.90. The van der Waals surface area contributed by atoms with Gasteiger partial charge in [0, 0.05) is 24.6 Å². The standard InChI is InChI=1S/C26H20FN3O6/c27-17-8-12-18(13-9-17)29-23(31)20-21(24(29)32)26(25(33)34,14-15-4-2-1-3-5-15)28-22(20)16-6-10-19(11-7-16)30(35)36/h1-13,20-22,28H,14H2,(H,33,34)/t20-,21-,22-,26+/m0/s1. The lowest BCUT2D eigenvalue weighted by Crippen LogP contribution is -2.57. The number of nitro groups is 1. The number of rotatable bonds is 6. The van der Waals surface area contributed by atoms with E-state index < -0.39 is 51.9 Å².